The first kappa shape index (κ1) is 19.1. The van der Waals surface area contributed by atoms with E-state index in [1.807, 2.05) is 32.0 Å². The van der Waals surface area contributed by atoms with Gasteiger partial charge in [-0.2, -0.15) is 14.5 Å². The van der Waals surface area contributed by atoms with Gasteiger partial charge in [0.2, 0.25) is 11.9 Å². The molecule has 0 fully saturated rings. The van der Waals surface area contributed by atoms with Gasteiger partial charge in [-0.3, -0.25) is 4.68 Å². The van der Waals surface area contributed by atoms with Gasteiger partial charge in [0.15, 0.2) is 5.82 Å². The Morgan fingerprint density at radius 1 is 1.31 bits per heavy atom. The highest BCUT2D eigenvalue weighted by Gasteiger charge is 2.24. The number of nitrogens with one attached hydrogen (secondary N) is 2. The summed E-state index contributed by atoms with van der Waals surface area (Å²) in [7, 11) is 1.88. The maximum Gasteiger partial charge on any atom is 0.225 e. The Morgan fingerprint density at radius 2 is 2.14 bits per heavy atom. The molecule has 1 aliphatic heterocycles. The molecule has 10 heteroatoms. The molecule has 0 saturated carbocycles. The molecule has 0 spiro atoms. The van der Waals surface area contributed by atoms with Crippen molar-refractivity contribution in [1.29, 1.82) is 0 Å². The summed E-state index contributed by atoms with van der Waals surface area (Å²) in [4.78, 5) is 14.6. The molecule has 3 aromatic rings. The van der Waals surface area contributed by atoms with Gasteiger partial charge in [-0.1, -0.05) is 0 Å². The molecule has 9 nitrogen and oxygen atoms in total. The predicted octanol–water partition coefficient (Wildman–Crippen LogP) is 1.66. The predicted molar refractivity (Wildman–Crippen MR) is 107 cm³/mol. The van der Waals surface area contributed by atoms with Gasteiger partial charge in [0.1, 0.15) is 11.9 Å². The fourth-order valence-electron chi connectivity index (χ4n) is 3.30. The van der Waals surface area contributed by atoms with Gasteiger partial charge in [0.05, 0.1) is 25.0 Å². The first-order valence-corrected chi connectivity index (χ1v) is 9.29. The third-order valence-electron chi connectivity index (χ3n) is 4.85. The van der Waals surface area contributed by atoms with E-state index in [1.165, 1.54) is 12.3 Å². The van der Waals surface area contributed by atoms with Crippen LogP contribution >= 0.6 is 0 Å². The highest BCUT2D eigenvalue weighted by Crippen LogP contribution is 2.30. The highest BCUT2D eigenvalue weighted by atomic mass is 19.1. The van der Waals surface area contributed by atoms with Crippen molar-refractivity contribution in [3.05, 3.63) is 53.0 Å². The molecule has 1 aliphatic rings. The van der Waals surface area contributed by atoms with Crippen LogP contribution in [-0.2, 0) is 13.1 Å². The van der Waals surface area contributed by atoms with Gasteiger partial charge < -0.3 is 20.6 Å². The quantitative estimate of drug-likeness (QED) is 0.558. The number of β-amino-alcohol motifs (C(OH)–C–C–N with tert-alkyl or cyclic N) is 1. The van der Waals surface area contributed by atoms with Gasteiger partial charge in [-0.15, -0.1) is 0 Å². The van der Waals surface area contributed by atoms with E-state index >= 15 is 0 Å². The number of rotatable bonds is 5. The standard InChI is InChI=1S/C19H23FN8O/c1-11-4-15(20)21-7-14(11)9-28-8-13(6-23-28)5-22-19-24-12(2)17-18(26-19)27(3)10-16(29)25-17/h4,6-8,16,25,29H,5,9-10H2,1-3H3,(H,22,24,26). The number of anilines is 3. The van der Waals surface area contributed by atoms with Crippen LogP contribution < -0.4 is 15.5 Å². The van der Waals surface area contributed by atoms with Gasteiger partial charge >= 0.3 is 0 Å². The number of aryl methyl sites for hydroxylation is 2. The maximum atomic E-state index is 13.2. The third kappa shape index (κ3) is 4.11. The molecule has 1 unspecified atom stereocenters. The molecule has 0 radical (unpaired) electrons. The smallest absolute Gasteiger partial charge is 0.225 e. The Bertz CT molecular complexity index is 1040. The minimum absolute atomic E-state index is 0.452. The van der Waals surface area contributed by atoms with Crippen molar-refractivity contribution in [2.24, 2.45) is 0 Å². The molecular weight excluding hydrogens is 375 g/mol. The first-order chi connectivity index (χ1) is 13.9. The molecule has 0 aliphatic carbocycles. The van der Waals surface area contributed by atoms with Crippen molar-refractivity contribution in [3.8, 4) is 0 Å². The number of nitrogens with zero attached hydrogens (tertiary/aromatic N) is 6. The van der Waals surface area contributed by atoms with Crippen molar-refractivity contribution in [2.45, 2.75) is 33.2 Å². The largest absolute Gasteiger partial charge is 0.372 e. The Hall–Kier alpha value is -3.27. The average Bonchev–Trinajstić information content (AvgIpc) is 3.11. The van der Waals surface area contributed by atoms with Crippen molar-refractivity contribution in [3.63, 3.8) is 0 Å². The molecule has 4 heterocycles. The van der Waals surface area contributed by atoms with E-state index in [-0.39, 0.29) is 0 Å². The molecule has 3 N–H and O–H groups in total. The zero-order valence-corrected chi connectivity index (χ0v) is 16.5. The zero-order valence-electron chi connectivity index (χ0n) is 16.5. The number of aliphatic hydroxyl groups is 1. The van der Waals surface area contributed by atoms with Crippen molar-refractivity contribution in [2.75, 3.05) is 29.1 Å². The van der Waals surface area contributed by atoms with E-state index in [9.17, 15) is 9.50 Å². The molecule has 3 aromatic heterocycles. The Balaban J connectivity index is 1.44. The van der Waals surface area contributed by atoms with Gasteiger partial charge in [-0.25, -0.2) is 9.97 Å². The summed E-state index contributed by atoms with van der Waals surface area (Å²) >= 11 is 0. The minimum Gasteiger partial charge on any atom is -0.372 e. The lowest BCUT2D eigenvalue weighted by Gasteiger charge is -2.31. The van der Waals surface area contributed by atoms with E-state index in [0.717, 1.165) is 33.9 Å². The van der Waals surface area contributed by atoms with Crippen LogP contribution in [0.25, 0.3) is 0 Å². The molecule has 0 aromatic carbocycles. The summed E-state index contributed by atoms with van der Waals surface area (Å²) < 4.78 is 14.9. The van der Waals surface area contributed by atoms with E-state index in [2.05, 4.69) is 30.7 Å². The summed E-state index contributed by atoms with van der Waals surface area (Å²) in [5.41, 5.74) is 4.23. The van der Waals surface area contributed by atoms with Crippen LogP contribution in [0.2, 0.25) is 0 Å². The monoisotopic (exact) mass is 398 g/mol. The van der Waals surface area contributed by atoms with Crippen LogP contribution in [0.4, 0.5) is 21.8 Å². The summed E-state index contributed by atoms with van der Waals surface area (Å²) in [5.74, 6) is 0.783. The Labute approximate surface area is 167 Å². The van der Waals surface area contributed by atoms with E-state index < -0.39 is 12.2 Å². The number of aliphatic hydroxyl groups excluding tert-OH is 1. The second-order valence-corrected chi connectivity index (χ2v) is 7.21. The summed E-state index contributed by atoms with van der Waals surface area (Å²) in [6, 6.07) is 1.42. The first-order valence-electron chi connectivity index (χ1n) is 9.29. The van der Waals surface area contributed by atoms with E-state index in [0.29, 0.717) is 25.6 Å². The minimum atomic E-state index is -0.639. The lowest BCUT2D eigenvalue weighted by atomic mass is 10.1. The van der Waals surface area contributed by atoms with Gasteiger partial charge in [0.25, 0.3) is 0 Å². The topological polar surface area (TPSA) is 104 Å². The average molecular weight is 398 g/mol. The fraction of sp³-hybridized carbons (Fsp3) is 0.368. The summed E-state index contributed by atoms with van der Waals surface area (Å²) in [6.45, 7) is 5.21. The molecule has 1 atom stereocenters. The van der Waals surface area contributed by atoms with Crippen LogP contribution in [0.15, 0.2) is 24.7 Å². The molecule has 152 valence electrons. The molecule has 29 heavy (non-hydrogen) atoms. The second kappa shape index (κ2) is 7.63. The third-order valence-corrected chi connectivity index (χ3v) is 4.85. The van der Waals surface area contributed by atoms with Crippen molar-refractivity contribution >= 4 is 17.5 Å². The highest BCUT2D eigenvalue weighted by molar-refractivity contribution is 5.71. The van der Waals surface area contributed by atoms with E-state index in [1.54, 1.807) is 10.9 Å². The Kier molecular flexibility index (Phi) is 5.01. The number of aromatic nitrogens is 5. The zero-order chi connectivity index (χ0) is 20.5. The number of pyridine rings is 1. The van der Waals surface area contributed by atoms with Gasteiger partial charge in [-0.05, 0) is 31.0 Å². The normalized spacial score (nSPS) is 15.8. The lowest BCUT2D eigenvalue weighted by molar-refractivity contribution is 0.206. The number of fused-ring (bicyclic) bond motifs is 1. The number of hydrogen-bond acceptors (Lipinski definition) is 8. The molecule has 0 bridgehead atoms. The molecule has 0 amide bonds. The number of hydrogen-bond donors (Lipinski definition) is 3. The summed E-state index contributed by atoms with van der Waals surface area (Å²) in [6.07, 6.45) is 4.59. The molecular formula is C19H23FN8O. The van der Waals surface area contributed by atoms with Crippen LogP contribution in [0, 0.1) is 19.8 Å². The maximum absolute atomic E-state index is 13.2. The van der Waals surface area contributed by atoms with Crippen LogP contribution in [-0.4, -0.2) is 49.7 Å². The SMILES string of the molecule is Cc1cc(F)ncc1Cn1cc(CNc2nc(C)c3c(n2)N(C)CC(O)N3)cn1. The number of halogens is 1. The Morgan fingerprint density at radius 3 is 2.93 bits per heavy atom. The van der Waals surface area contributed by atoms with Crippen LogP contribution in [0.1, 0.15) is 22.4 Å². The summed E-state index contributed by atoms with van der Waals surface area (Å²) in [5, 5.41) is 20.5. The van der Waals surface area contributed by atoms with Crippen LogP contribution in [0.3, 0.4) is 0 Å². The molecule has 4 rings (SSSR count). The fourth-order valence-corrected chi connectivity index (χ4v) is 3.30. The lowest BCUT2D eigenvalue weighted by Crippen LogP contribution is -2.40. The number of likely N-dealkylation sites (N-methyl/N-ethyl adjacent to an activating group) is 1. The van der Waals surface area contributed by atoms with Gasteiger partial charge in [0, 0.05) is 31.5 Å². The van der Waals surface area contributed by atoms with Crippen molar-refractivity contribution in [1.82, 2.24) is 24.7 Å². The van der Waals surface area contributed by atoms with Crippen molar-refractivity contribution < 1.29 is 9.50 Å². The second-order valence-electron chi connectivity index (χ2n) is 7.21. The van der Waals surface area contributed by atoms with E-state index in [4.69, 9.17) is 0 Å². The van der Waals surface area contributed by atoms with Crippen LogP contribution in [0.5, 0.6) is 0 Å². The molecule has 0 saturated heterocycles.